The minimum Gasteiger partial charge on any atom is -0.491 e. The molecule has 0 saturated carbocycles. The third-order valence-electron chi connectivity index (χ3n) is 6.76. The molecule has 0 radical (unpaired) electrons. The Morgan fingerprint density at radius 3 is 2.46 bits per heavy atom. The van der Waals surface area contributed by atoms with E-state index in [2.05, 4.69) is 27.8 Å². The van der Waals surface area contributed by atoms with Gasteiger partial charge in [-0.25, -0.2) is 14.4 Å². The molecular formula is C33H35N5O10. The molecule has 2 aromatic rings. The second kappa shape index (κ2) is 18.9. The monoisotopic (exact) mass is 661 g/mol. The van der Waals surface area contributed by atoms with Crippen LogP contribution in [0.3, 0.4) is 0 Å². The Kier molecular flexibility index (Phi) is 14.4. The normalized spacial score (nSPS) is 14.3. The van der Waals surface area contributed by atoms with Crippen LogP contribution in [0, 0.1) is 33.3 Å². The van der Waals surface area contributed by atoms with E-state index < -0.39 is 41.6 Å². The van der Waals surface area contributed by atoms with Gasteiger partial charge in [0.15, 0.2) is 13.2 Å². The van der Waals surface area contributed by atoms with Crippen molar-refractivity contribution in [3.05, 3.63) is 92.8 Å². The first kappa shape index (κ1) is 36.6. The number of esters is 2. The molecule has 15 heteroatoms. The fraction of sp³-hybridized carbons (Fsp3) is 0.333. The number of carbonyl (C=O) groups excluding carboxylic acids is 3. The van der Waals surface area contributed by atoms with Crippen LogP contribution in [0.4, 0.5) is 10.5 Å². The van der Waals surface area contributed by atoms with Crippen LogP contribution in [0.1, 0.15) is 24.8 Å². The lowest BCUT2D eigenvalue weighted by Gasteiger charge is -2.28. The summed E-state index contributed by atoms with van der Waals surface area (Å²) in [6.07, 6.45) is -0.810. The lowest BCUT2D eigenvalue weighted by Crippen LogP contribution is -2.33. The second-order valence-corrected chi connectivity index (χ2v) is 10.1. The first-order valence-corrected chi connectivity index (χ1v) is 14.7. The molecule has 0 aromatic heterocycles. The maximum Gasteiger partial charge on any atom is 0.408 e. The van der Waals surface area contributed by atoms with Gasteiger partial charge in [0.05, 0.1) is 29.1 Å². The summed E-state index contributed by atoms with van der Waals surface area (Å²) in [6, 6.07) is 16.3. The van der Waals surface area contributed by atoms with Crippen LogP contribution < -0.4 is 20.7 Å². The van der Waals surface area contributed by atoms with Crippen molar-refractivity contribution in [3.63, 3.8) is 0 Å². The Hall–Kier alpha value is -5.90. The van der Waals surface area contributed by atoms with Gasteiger partial charge in [0.1, 0.15) is 30.2 Å². The molecule has 1 amide bonds. The van der Waals surface area contributed by atoms with Crippen molar-refractivity contribution in [1.29, 1.82) is 5.26 Å². The smallest absolute Gasteiger partial charge is 0.408 e. The van der Waals surface area contributed by atoms with Crippen molar-refractivity contribution in [1.82, 2.24) is 16.0 Å². The van der Waals surface area contributed by atoms with Crippen LogP contribution in [-0.4, -0.2) is 80.7 Å². The number of aliphatic hydroxyl groups excluding tert-OH is 1. The number of amides is 1. The minimum atomic E-state index is -1.21. The van der Waals surface area contributed by atoms with E-state index in [1.54, 1.807) is 12.1 Å². The van der Waals surface area contributed by atoms with Crippen LogP contribution in [0.15, 0.2) is 77.1 Å². The Bertz CT molecular complexity index is 1640. The molecule has 0 bridgehead atoms. The topological polar surface area (TPSA) is 211 Å². The summed E-state index contributed by atoms with van der Waals surface area (Å²) in [7, 11) is 1.10. The number of methoxy groups -OCH3 is 1. The van der Waals surface area contributed by atoms with Crippen molar-refractivity contribution >= 4 is 23.7 Å². The van der Waals surface area contributed by atoms with Gasteiger partial charge in [0.2, 0.25) is 0 Å². The summed E-state index contributed by atoms with van der Waals surface area (Å²) in [6.45, 7) is 2.13. The second-order valence-electron chi connectivity index (χ2n) is 10.1. The van der Waals surface area contributed by atoms with Gasteiger partial charge in [-0.1, -0.05) is 42.2 Å². The number of hydrogen-bond donors (Lipinski definition) is 4. The molecule has 48 heavy (non-hydrogen) atoms. The molecule has 1 aliphatic rings. The summed E-state index contributed by atoms with van der Waals surface area (Å²) in [4.78, 5) is 48.6. The summed E-state index contributed by atoms with van der Waals surface area (Å²) >= 11 is 0. The molecule has 0 aliphatic carbocycles. The largest absolute Gasteiger partial charge is 0.491 e. The van der Waals surface area contributed by atoms with Gasteiger partial charge in [0.25, 0.3) is 5.69 Å². The van der Waals surface area contributed by atoms with Crippen LogP contribution in [0.5, 0.6) is 5.75 Å². The molecule has 15 nitrogen and oxygen atoms in total. The Balaban J connectivity index is 1.44. The number of nitrogens with one attached hydrogen (secondary N) is 3. The quantitative estimate of drug-likeness (QED) is 0.0539. The molecular weight excluding hydrogens is 626 g/mol. The van der Waals surface area contributed by atoms with Crippen molar-refractivity contribution in [2.75, 3.05) is 46.6 Å². The van der Waals surface area contributed by atoms with Gasteiger partial charge in [0, 0.05) is 30.9 Å². The average molecular weight is 662 g/mol. The summed E-state index contributed by atoms with van der Waals surface area (Å²) in [5.74, 6) is 2.76. The zero-order valence-electron chi connectivity index (χ0n) is 26.3. The Morgan fingerprint density at radius 2 is 1.77 bits per heavy atom. The molecule has 0 saturated heterocycles. The lowest BCUT2D eigenvalue weighted by atomic mass is 9.80. The van der Waals surface area contributed by atoms with E-state index in [-0.39, 0.29) is 47.0 Å². The fourth-order valence-corrected chi connectivity index (χ4v) is 4.54. The first-order chi connectivity index (χ1) is 23.2. The predicted molar refractivity (Wildman–Crippen MR) is 170 cm³/mol. The number of hydrogen-bond acceptors (Lipinski definition) is 13. The summed E-state index contributed by atoms with van der Waals surface area (Å²) < 4.78 is 20.6. The number of aliphatic hydroxyl groups is 1. The van der Waals surface area contributed by atoms with E-state index >= 15 is 0 Å². The molecule has 252 valence electrons. The number of alkyl carbamates (subject to hydrolysis) is 1. The number of nitrogens with zero attached hydrogens (tertiary/aromatic N) is 2. The van der Waals surface area contributed by atoms with Gasteiger partial charge in [-0.15, -0.1) is 0 Å². The van der Waals surface area contributed by atoms with E-state index in [1.807, 2.05) is 24.3 Å². The van der Waals surface area contributed by atoms with E-state index in [4.69, 9.17) is 18.9 Å². The SMILES string of the molecule is COC(=O)C1=C(C#N)NC(C)=C(C(=O)OCC#CCOC(=O)NCCCNCC(O)COc2ccccc2)C1c1cccc([N+](=O)[O-])c1. The fourth-order valence-electron chi connectivity index (χ4n) is 4.54. The highest BCUT2D eigenvalue weighted by Gasteiger charge is 2.39. The highest BCUT2D eigenvalue weighted by atomic mass is 16.6. The zero-order valence-corrected chi connectivity index (χ0v) is 26.3. The van der Waals surface area contributed by atoms with E-state index in [1.165, 1.54) is 31.2 Å². The van der Waals surface area contributed by atoms with Crippen LogP contribution in [0.2, 0.25) is 0 Å². The van der Waals surface area contributed by atoms with Crippen molar-refractivity contribution in [2.45, 2.75) is 25.4 Å². The number of nitro benzene ring substituents is 1. The number of ether oxygens (including phenoxy) is 4. The number of nitriles is 1. The molecule has 4 N–H and O–H groups in total. The highest BCUT2D eigenvalue weighted by Crippen LogP contribution is 2.40. The maximum absolute atomic E-state index is 13.2. The zero-order chi connectivity index (χ0) is 34.9. The Morgan fingerprint density at radius 1 is 1.04 bits per heavy atom. The number of para-hydroxylation sites is 1. The van der Waals surface area contributed by atoms with Crippen molar-refractivity contribution in [3.8, 4) is 23.7 Å². The molecule has 1 heterocycles. The molecule has 2 aromatic carbocycles. The number of allylic oxidation sites excluding steroid dienone is 2. The van der Waals surface area contributed by atoms with E-state index in [0.29, 0.717) is 31.8 Å². The number of rotatable bonds is 15. The van der Waals surface area contributed by atoms with Gasteiger partial charge < -0.3 is 40.0 Å². The third kappa shape index (κ3) is 10.9. The first-order valence-electron chi connectivity index (χ1n) is 14.7. The molecule has 1 aliphatic heterocycles. The van der Waals surface area contributed by atoms with Gasteiger partial charge >= 0.3 is 18.0 Å². The third-order valence-corrected chi connectivity index (χ3v) is 6.76. The van der Waals surface area contributed by atoms with Gasteiger partial charge in [-0.05, 0) is 37.6 Å². The number of dihydropyridines is 1. The highest BCUT2D eigenvalue weighted by molar-refractivity contribution is 6.00. The van der Waals surface area contributed by atoms with Crippen LogP contribution in [-0.2, 0) is 23.8 Å². The van der Waals surface area contributed by atoms with E-state index in [9.17, 15) is 34.9 Å². The van der Waals surface area contributed by atoms with Crippen LogP contribution in [0.25, 0.3) is 0 Å². The summed E-state index contributed by atoms with van der Waals surface area (Å²) in [5.41, 5.74) is -0.370. The number of carbonyl (C=O) groups is 3. The number of nitro groups is 1. The van der Waals surface area contributed by atoms with Gasteiger partial charge in [-0.3, -0.25) is 10.1 Å². The minimum absolute atomic E-state index is 0.0724. The molecule has 2 unspecified atom stereocenters. The molecule has 2 atom stereocenters. The average Bonchev–Trinajstić information content (AvgIpc) is 3.09. The molecule has 0 fully saturated rings. The standard InChI is InChI=1S/C33H35N5O10/c1-22-28(29(23-10-8-11-24(18-23)38(43)44)30(31(40)45-2)27(19-34)37-22)32(41)46-16-6-7-17-47-33(42)36-15-9-14-35-20-25(39)21-48-26-12-4-3-5-13-26/h3-5,8,10-13,18,25,29,35,37,39H,9,14-17,20-21H2,1-2H3,(H,36,42). The Labute approximate surface area is 276 Å². The van der Waals surface area contributed by atoms with Gasteiger partial charge in [-0.2, -0.15) is 5.26 Å². The number of non-ortho nitro benzene ring substituents is 1. The molecule has 0 spiro atoms. The van der Waals surface area contributed by atoms with Crippen molar-refractivity contribution < 1.29 is 43.4 Å². The molecule has 3 rings (SSSR count). The predicted octanol–water partition coefficient (Wildman–Crippen LogP) is 2.20. The maximum atomic E-state index is 13.2. The van der Waals surface area contributed by atoms with Crippen molar-refractivity contribution in [2.24, 2.45) is 0 Å². The van der Waals surface area contributed by atoms with Crippen LogP contribution >= 0.6 is 0 Å². The van der Waals surface area contributed by atoms with E-state index in [0.717, 1.165) is 7.11 Å². The lowest BCUT2D eigenvalue weighted by molar-refractivity contribution is -0.384. The summed E-state index contributed by atoms with van der Waals surface area (Å²) in [5, 5.41) is 39.4. The number of benzene rings is 2.